The molecule has 0 heterocycles. The minimum absolute atomic E-state index is 0.324. The highest BCUT2D eigenvalue weighted by atomic mass is 16.5. The molecule has 0 spiro atoms. The van der Waals surface area contributed by atoms with Gasteiger partial charge in [0.05, 0.1) is 12.2 Å². The quantitative estimate of drug-likeness (QED) is 0.591. The third-order valence-electron chi connectivity index (χ3n) is 1.46. The largest absolute Gasteiger partial charge is 0.387 e. The summed E-state index contributed by atoms with van der Waals surface area (Å²) < 4.78 is 4.87. The van der Waals surface area contributed by atoms with Crippen molar-refractivity contribution in [2.24, 2.45) is 0 Å². The lowest BCUT2D eigenvalue weighted by molar-refractivity contribution is -0.0263. The van der Waals surface area contributed by atoms with Crippen molar-refractivity contribution in [2.45, 2.75) is 18.4 Å². The van der Waals surface area contributed by atoms with E-state index >= 15 is 0 Å². The van der Waals surface area contributed by atoms with Gasteiger partial charge in [-0.25, -0.2) is 0 Å². The van der Waals surface area contributed by atoms with E-state index in [0.717, 1.165) is 0 Å². The summed E-state index contributed by atoms with van der Waals surface area (Å²) in [6.07, 6.45) is 4.44. The molecular weight excluding hydrogens is 140 g/mol. The van der Waals surface area contributed by atoms with Gasteiger partial charge in [-0.1, -0.05) is 12.2 Å². The SMILES string of the molecule is C=CCC(O)(CC=C)COC. The van der Waals surface area contributed by atoms with Crippen molar-refractivity contribution < 1.29 is 9.84 Å². The van der Waals surface area contributed by atoms with E-state index in [2.05, 4.69) is 13.2 Å². The Bertz CT molecular complexity index is 120. The van der Waals surface area contributed by atoms with Crippen molar-refractivity contribution in [3.63, 3.8) is 0 Å². The van der Waals surface area contributed by atoms with Gasteiger partial charge in [0.2, 0.25) is 0 Å². The standard InChI is InChI=1S/C9H16O2/c1-4-6-9(10,7-5-2)8-11-3/h4-5,10H,1-2,6-8H2,3H3. The van der Waals surface area contributed by atoms with Crippen LogP contribution in [0.2, 0.25) is 0 Å². The molecule has 0 rings (SSSR count). The average molecular weight is 156 g/mol. The van der Waals surface area contributed by atoms with Gasteiger partial charge in [-0.15, -0.1) is 13.2 Å². The van der Waals surface area contributed by atoms with Gasteiger partial charge in [0.25, 0.3) is 0 Å². The first-order valence-corrected chi connectivity index (χ1v) is 3.61. The van der Waals surface area contributed by atoms with Gasteiger partial charge in [-0.3, -0.25) is 0 Å². The molecule has 1 N–H and O–H groups in total. The Morgan fingerprint density at radius 3 is 2.09 bits per heavy atom. The normalized spacial score (nSPS) is 11.1. The number of rotatable bonds is 6. The van der Waals surface area contributed by atoms with Crippen LogP contribution in [-0.4, -0.2) is 24.4 Å². The van der Waals surface area contributed by atoms with E-state index in [1.54, 1.807) is 19.3 Å². The molecule has 0 aliphatic heterocycles. The van der Waals surface area contributed by atoms with Crippen molar-refractivity contribution in [3.8, 4) is 0 Å². The maximum atomic E-state index is 9.74. The highest BCUT2D eigenvalue weighted by Gasteiger charge is 2.22. The van der Waals surface area contributed by atoms with E-state index < -0.39 is 5.60 Å². The van der Waals surface area contributed by atoms with Crippen LogP contribution in [0.1, 0.15) is 12.8 Å². The number of ether oxygens (including phenoxy) is 1. The molecule has 0 atom stereocenters. The van der Waals surface area contributed by atoms with Crippen LogP contribution in [0.25, 0.3) is 0 Å². The molecule has 2 nitrogen and oxygen atoms in total. The third-order valence-corrected chi connectivity index (χ3v) is 1.46. The fourth-order valence-electron chi connectivity index (χ4n) is 1.01. The summed E-state index contributed by atoms with van der Waals surface area (Å²) >= 11 is 0. The van der Waals surface area contributed by atoms with Crippen molar-refractivity contribution in [1.82, 2.24) is 0 Å². The first kappa shape index (κ1) is 10.4. The molecule has 0 radical (unpaired) electrons. The van der Waals surface area contributed by atoms with Crippen LogP contribution in [-0.2, 0) is 4.74 Å². The first-order chi connectivity index (χ1) is 5.18. The molecule has 0 aliphatic rings. The second-order valence-corrected chi connectivity index (χ2v) is 2.64. The highest BCUT2D eigenvalue weighted by molar-refractivity contribution is 4.91. The van der Waals surface area contributed by atoms with Gasteiger partial charge in [0.1, 0.15) is 0 Å². The Morgan fingerprint density at radius 2 is 1.82 bits per heavy atom. The molecule has 0 bridgehead atoms. The fourth-order valence-corrected chi connectivity index (χ4v) is 1.01. The highest BCUT2D eigenvalue weighted by Crippen LogP contribution is 2.16. The third kappa shape index (κ3) is 3.96. The van der Waals surface area contributed by atoms with Crippen molar-refractivity contribution in [2.75, 3.05) is 13.7 Å². The summed E-state index contributed by atoms with van der Waals surface area (Å²) in [5.41, 5.74) is -0.807. The number of aliphatic hydroxyl groups is 1. The maximum Gasteiger partial charge on any atom is 0.0948 e. The lowest BCUT2D eigenvalue weighted by Crippen LogP contribution is -2.32. The van der Waals surface area contributed by atoms with Crippen molar-refractivity contribution in [3.05, 3.63) is 25.3 Å². The summed E-state index contributed by atoms with van der Waals surface area (Å²) in [5.74, 6) is 0. The summed E-state index contributed by atoms with van der Waals surface area (Å²) in [6, 6.07) is 0. The Labute approximate surface area is 68.2 Å². The van der Waals surface area contributed by atoms with E-state index in [-0.39, 0.29) is 0 Å². The smallest absolute Gasteiger partial charge is 0.0948 e. The lowest BCUT2D eigenvalue weighted by Gasteiger charge is -2.24. The molecule has 64 valence electrons. The van der Waals surface area contributed by atoms with Gasteiger partial charge >= 0.3 is 0 Å². The average Bonchev–Trinajstić information content (AvgIpc) is 1.88. The molecule has 0 saturated carbocycles. The monoisotopic (exact) mass is 156 g/mol. The number of hydrogen-bond donors (Lipinski definition) is 1. The molecule has 0 fully saturated rings. The van der Waals surface area contributed by atoms with E-state index in [4.69, 9.17) is 4.74 Å². The van der Waals surface area contributed by atoms with Crippen LogP contribution in [0.3, 0.4) is 0 Å². The van der Waals surface area contributed by atoms with E-state index in [9.17, 15) is 5.11 Å². The molecule has 2 heteroatoms. The Balaban J connectivity index is 3.98. The van der Waals surface area contributed by atoms with Crippen LogP contribution < -0.4 is 0 Å². The second kappa shape index (κ2) is 5.10. The van der Waals surface area contributed by atoms with Gasteiger partial charge in [0, 0.05) is 7.11 Å². The van der Waals surface area contributed by atoms with E-state index in [0.29, 0.717) is 19.4 Å². The molecule has 0 aromatic carbocycles. The van der Waals surface area contributed by atoms with Gasteiger partial charge < -0.3 is 9.84 Å². The molecule has 11 heavy (non-hydrogen) atoms. The van der Waals surface area contributed by atoms with Gasteiger partial charge in [0.15, 0.2) is 0 Å². The van der Waals surface area contributed by atoms with Crippen molar-refractivity contribution >= 4 is 0 Å². The van der Waals surface area contributed by atoms with Crippen LogP contribution >= 0.6 is 0 Å². The van der Waals surface area contributed by atoms with Gasteiger partial charge in [-0.2, -0.15) is 0 Å². The zero-order chi connectivity index (χ0) is 8.74. The molecule has 0 aromatic rings. The van der Waals surface area contributed by atoms with E-state index in [1.165, 1.54) is 0 Å². The molecule has 0 aliphatic carbocycles. The van der Waals surface area contributed by atoms with Crippen LogP contribution in [0, 0.1) is 0 Å². The summed E-state index contributed by atoms with van der Waals surface area (Å²) in [7, 11) is 1.57. The predicted molar refractivity (Wildman–Crippen MR) is 46.5 cm³/mol. The predicted octanol–water partition coefficient (Wildman–Crippen LogP) is 1.52. The molecular formula is C9H16O2. The fraction of sp³-hybridized carbons (Fsp3) is 0.556. The lowest BCUT2D eigenvalue weighted by atomic mass is 9.97. The molecule has 0 unspecified atom stereocenters. The molecule has 0 saturated heterocycles. The summed E-state index contributed by atoms with van der Waals surface area (Å²) in [4.78, 5) is 0. The van der Waals surface area contributed by atoms with Gasteiger partial charge in [-0.05, 0) is 12.8 Å². The zero-order valence-corrected chi connectivity index (χ0v) is 7.05. The Hall–Kier alpha value is -0.600. The molecule has 0 amide bonds. The Kier molecular flexibility index (Phi) is 4.83. The number of hydrogen-bond acceptors (Lipinski definition) is 2. The topological polar surface area (TPSA) is 29.5 Å². The van der Waals surface area contributed by atoms with Crippen LogP contribution in [0.5, 0.6) is 0 Å². The second-order valence-electron chi connectivity index (χ2n) is 2.64. The Morgan fingerprint density at radius 1 is 1.36 bits per heavy atom. The van der Waals surface area contributed by atoms with Crippen molar-refractivity contribution in [1.29, 1.82) is 0 Å². The van der Waals surface area contributed by atoms with Crippen LogP contribution in [0.15, 0.2) is 25.3 Å². The molecule has 0 aromatic heterocycles. The summed E-state index contributed by atoms with van der Waals surface area (Å²) in [6.45, 7) is 7.45. The van der Waals surface area contributed by atoms with E-state index in [1.807, 2.05) is 0 Å². The minimum atomic E-state index is -0.807. The minimum Gasteiger partial charge on any atom is -0.387 e. The van der Waals surface area contributed by atoms with Crippen LogP contribution in [0.4, 0.5) is 0 Å². The first-order valence-electron chi connectivity index (χ1n) is 3.61. The number of methoxy groups -OCH3 is 1. The maximum absolute atomic E-state index is 9.74. The summed E-state index contributed by atoms with van der Waals surface area (Å²) in [5, 5.41) is 9.74. The zero-order valence-electron chi connectivity index (χ0n) is 7.05.